The molecule has 0 aliphatic rings. The van der Waals surface area contributed by atoms with Crippen molar-refractivity contribution >= 4 is 17.8 Å². The van der Waals surface area contributed by atoms with Crippen LogP contribution in [0.5, 0.6) is 0 Å². The Morgan fingerprint density at radius 3 is 2.31 bits per heavy atom. The Balaban J connectivity index is 1.73. The molecule has 0 atom stereocenters. The first-order chi connectivity index (χ1) is 12.5. The zero-order valence-electron chi connectivity index (χ0n) is 14.9. The first kappa shape index (κ1) is 19.2. The maximum Gasteiger partial charge on any atom is 0.337 e. The van der Waals surface area contributed by atoms with Crippen LogP contribution < -0.4 is 10.6 Å². The summed E-state index contributed by atoms with van der Waals surface area (Å²) in [6.45, 7) is 2.49. The van der Waals surface area contributed by atoms with Gasteiger partial charge in [-0.2, -0.15) is 0 Å². The van der Waals surface area contributed by atoms with E-state index in [1.165, 1.54) is 7.11 Å². The zero-order valence-corrected chi connectivity index (χ0v) is 14.9. The summed E-state index contributed by atoms with van der Waals surface area (Å²) in [7, 11) is 1.33. The fourth-order valence-electron chi connectivity index (χ4n) is 2.38. The predicted molar refractivity (Wildman–Crippen MR) is 97.8 cm³/mol. The van der Waals surface area contributed by atoms with Gasteiger partial charge in [0.1, 0.15) is 0 Å². The summed E-state index contributed by atoms with van der Waals surface area (Å²) in [5.41, 5.74) is 2.83. The maximum atomic E-state index is 12.1. The number of amides is 2. The summed E-state index contributed by atoms with van der Waals surface area (Å²) in [5, 5.41) is 5.52. The van der Waals surface area contributed by atoms with Crippen molar-refractivity contribution < 1.29 is 19.1 Å². The standard InChI is InChI=1S/C20H22N2O4/c1-14-5-3-4-6-17(14)19(24)21-12-11-18(23)22-13-15-7-9-16(10-8-15)20(25)26-2/h3-10H,11-13H2,1-2H3,(H,21,24)(H,22,23). The summed E-state index contributed by atoms with van der Waals surface area (Å²) in [6.07, 6.45) is 0.192. The number of carbonyl (C=O) groups excluding carboxylic acids is 3. The lowest BCUT2D eigenvalue weighted by Crippen LogP contribution is -2.30. The molecule has 6 heteroatoms. The third kappa shape index (κ3) is 5.44. The van der Waals surface area contributed by atoms with E-state index in [2.05, 4.69) is 15.4 Å². The van der Waals surface area contributed by atoms with Gasteiger partial charge in [-0.1, -0.05) is 30.3 Å². The van der Waals surface area contributed by atoms with Gasteiger partial charge in [-0.15, -0.1) is 0 Å². The molecule has 0 radical (unpaired) electrons. The minimum absolute atomic E-state index is 0.160. The highest BCUT2D eigenvalue weighted by Gasteiger charge is 2.09. The molecule has 0 bridgehead atoms. The number of rotatable bonds is 7. The molecule has 26 heavy (non-hydrogen) atoms. The van der Waals surface area contributed by atoms with E-state index in [1.807, 2.05) is 19.1 Å². The highest BCUT2D eigenvalue weighted by Crippen LogP contribution is 2.07. The molecule has 0 heterocycles. The smallest absolute Gasteiger partial charge is 0.337 e. The third-order valence-corrected chi connectivity index (χ3v) is 3.89. The first-order valence-electron chi connectivity index (χ1n) is 8.29. The second-order valence-corrected chi connectivity index (χ2v) is 5.79. The van der Waals surface area contributed by atoms with Gasteiger partial charge in [0.05, 0.1) is 12.7 Å². The largest absolute Gasteiger partial charge is 0.465 e. The lowest BCUT2D eigenvalue weighted by Gasteiger charge is -2.08. The van der Waals surface area contributed by atoms with E-state index in [0.29, 0.717) is 17.7 Å². The molecule has 2 N–H and O–H groups in total. The lowest BCUT2D eigenvalue weighted by atomic mass is 10.1. The van der Waals surface area contributed by atoms with Crippen molar-refractivity contribution in [1.29, 1.82) is 0 Å². The molecule has 0 aliphatic heterocycles. The zero-order chi connectivity index (χ0) is 18.9. The van der Waals surface area contributed by atoms with Crippen LogP contribution in [0.25, 0.3) is 0 Å². The number of esters is 1. The van der Waals surface area contributed by atoms with Gasteiger partial charge in [0.25, 0.3) is 5.91 Å². The predicted octanol–water partition coefficient (Wildman–Crippen LogP) is 2.22. The number of nitrogens with one attached hydrogen (secondary N) is 2. The van der Waals surface area contributed by atoms with Gasteiger partial charge in [-0.25, -0.2) is 4.79 Å². The molecule has 2 amide bonds. The van der Waals surface area contributed by atoms with Crippen molar-refractivity contribution in [1.82, 2.24) is 10.6 Å². The van der Waals surface area contributed by atoms with E-state index >= 15 is 0 Å². The van der Waals surface area contributed by atoms with Gasteiger partial charge >= 0.3 is 5.97 Å². The molecule has 0 fully saturated rings. The van der Waals surface area contributed by atoms with Gasteiger partial charge in [0.2, 0.25) is 5.91 Å². The summed E-state index contributed by atoms with van der Waals surface area (Å²) < 4.78 is 4.63. The SMILES string of the molecule is COC(=O)c1ccc(CNC(=O)CCNC(=O)c2ccccc2C)cc1. The molecule has 0 saturated heterocycles. The Labute approximate surface area is 152 Å². The number of aryl methyl sites for hydroxylation is 1. The average molecular weight is 354 g/mol. The number of hydrogen-bond donors (Lipinski definition) is 2. The lowest BCUT2D eigenvalue weighted by molar-refractivity contribution is -0.121. The Morgan fingerprint density at radius 2 is 1.65 bits per heavy atom. The van der Waals surface area contributed by atoms with Crippen molar-refractivity contribution in [2.24, 2.45) is 0 Å². The van der Waals surface area contributed by atoms with E-state index in [4.69, 9.17) is 0 Å². The molecule has 2 aromatic rings. The van der Waals surface area contributed by atoms with Crippen LogP contribution in [-0.4, -0.2) is 31.4 Å². The van der Waals surface area contributed by atoms with Gasteiger partial charge in [-0.05, 0) is 36.2 Å². The number of benzene rings is 2. The molecule has 0 aliphatic carbocycles. The van der Waals surface area contributed by atoms with E-state index in [0.717, 1.165) is 11.1 Å². The normalized spacial score (nSPS) is 10.1. The van der Waals surface area contributed by atoms with Crippen LogP contribution >= 0.6 is 0 Å². The fourth-order valence-corrected chi connectivity index (χ4v) is 2.38. The van der Waals surface area contributed by atoms with Crippen molar-refractivity contribution in [3.63, 3.8) is 0 Å². The molecular weight excluding hydrogens is 332 g/mol. The molecule has 2 rings (SSSR count). The minimum Gasteiger partial charge on any atom is -0.465 e. The Morgan fingerprint density at radius 1 is 0.962 bits per heavy atom. The Kier molecular flexibility index (Phi) is 6.91. The highest BCUT2D eigenvalue weighted by atomic mass is 16.5. The van der Waals surface area contributed by atoms with Gasteiger partial charge in [-0.3, -0.25) is 9.59 Å². The molecule has 2 aromatic carbocycles. The summed E-state index contributed by atoms with van der Waals surface area (Å²) in [4.78, 5) is 35.3. The fraction of sp³-hybridized carbons (Fsp3) is 0.250. The van der Waals surface area contributed by atoms with Crippen molar-refractivity contribution in [2.45, 2.75) is 19.9 Å². The number of hydrogen-bond acceptors (Lipinski definition) is 4. The molecule has 6 nitrogen and oxygen atoms in total. The molecule has 0 aromatic heterocycles. The second kappa shape index (κ2) is 9.36. The molecule has 0 saturated carbocycles. The van der Waals surface area contributed by atoms with Crippen molar-refractivity contribution in [3.8, 4) is 0 Å². The summed E-state index contributed by atoms with van der Waals surface area (Å²) >= 11 is 0. The van der Waals surface area contributed by atoms with E-state index < -0.39 is 5.97 Å². The first-order valence-corrected chi connectivity index (χ1v) is 8.29. The summed E-state index contributed by atoms with van der Waals surface area (Å²) in [5.74, 6) is -0.744. The van der Waals surface area contributed by atoms with E-state index in [1.54, 1.807) is 36.4 Å². The van der Waals surface area contributed by atoms with Crippen LogP contribution in [0.4, 0.5) is 0 Å². The Hall–Kier alpha value is -3.15. The van der Waals surface area contributed by atoms with Crippen molar-refractivity contribution in [2.75, 3.05) is 13.7 Å². The van der Waals surface area contributed by atoms with Gasteiger partial charge in [0, 0.05) is 25.1 Å². The van der Waals surface area contributed by atoms with Crippen molar-refractivity contribution in [3.05, 3.63) is 70.8 Å². The van der Waals surface area contributed by atoms with Crippen LogP contribution in [0.2, 0.25) is 0 Å². The molecule has 0 unspecified atom stereocenters. The van der Waals surface area contributed by atoms with Crippen LogP contribution in [-0.2, 0) is 16.1 Å². The van der Waals surface area contributed by atoms with Crippen LogP contribution in [0.1, 0.15) is 38.3 Å². The van der Waals surface area contributed by atoms with Gasteiger partial charge in [0.15, 0.2) is 0 Å². The summed E-state index contributed by atoms with van der Waals surface area (Å²) in [6, 6.07) is 14.1. The van der Waals surface area contributed by atoms with E-state index in [9.17, 15) is 14.4 Å². The van der Waals surface area contributed by atoms with Crippen LogP contribution in [0, 0.1) is 6.92 Å². The van der Waals surface area contributed by atoms with Gasteiger partial charge < -0.3 is 15.4 Å². The number of ether oxygens (including phenoxy) is 1. The van der Waals surface area contributed by atoms with Crippen LogP contribution in [0.15, 0.2) is 48.5 Å². The average Bonchev–Trinajstić information content (AvgIpc) is 2.66. The quantitative estimate of drug-likeness (QED) is 0.747. The minimum atomic E-state index is -0.398. The second-order valence-electron chi connectivity index (χ2n) is 5.79. The number of methoxy groups -OCH3 is 1. The highest BCUT2D eigenvalue weighted by molar-refractivity contribution is 5.95. The molecule has 0 spiro atoms. The Bertz CT molecular complexity index is 785. The number of carbonyl (C=O) groups is 3. The topological polar surface area (TPSA) is 84.5 Å². The molecule has 136 valence electrons. The maximum absolute atomic E-state index is 12.1. The monoisotopic (exact) mass is 354 g/mol. The third-order valence-electron chi connectivity index (χ3n) is 3.89. The molecular formula is C20H22N2O4. The van der Waals surface area contributed by atoms with E-state index in [-0.39, 0.29) is 24.8 Å². The van der Waals surface area contributed by atoms with Crippen LogP contribution in [0.3, 0.4) is 0 Å².